The lowest BCUT2D eigenvalue weighted by molar-refractivity contribution is -0.122. The van der Waals surface area contributed by atoms with Crippen molar-refractivity contribution < 1.29 is 19.1 Å². The van der Waals surface area contributed by atoms with Gasteiger partial charge in [-0.05, 0) is 100 Å². The molecule has 7 nitrogen and oxygen atoms in total. The summed E-state index contributed by atoms with van der Waals surface area (Å²) in [5.41, 5.74) is 1.91. The number of urea groups is 1. The molecule has 0 unspecified atom stereocenters. The number of barbiturate groups is 1. The number of rotatable bonds is 5. The van der Waals surface area contributed by atoms with Crippen molar-refractivity contribution in [2.45, 2.75) is 6.92 Å². The second-order valence-electron chi connectivity index (χ2n) is 5.99. The molecule has 0 atom stereocenters. The summed E-state index contributed by atoms with van der Waals surface area (Å²) in [4.78, 5) is 38.6. The molecule has 2 N–H and O–H groups in total. The Bertz CT molecular complexity index is 996. The van der Waals surface area contributed by atoms with Gasteiger partial charge < -0.3 is 10.1 Å². The number of imide groups is 2. The zero-order valence-electron chi connectivity index (χ0n) is 15.6. The number of amides is 4. The van der Waals surface area contributed by atoms with Gasteiger partial charge in [0.05, 0.1) is 18.0 Å². The van der Waals surface area contributed by atoms with Gasteiger partial charge in [-0.25, -0.2) is 9.69 Å². The van der Waals surface area contributed by atoms with E-state index < -0.39 is 17.8 Å². The molecular weight excluding hydrogens is 600 g/mol. The van der Waals surface area contributed by atoms with E-state index in [1.54, 1.807) is 24.3 Å². The number of carbonyl (C=O) groups excluding carboxylic acids is 3. The Morgan fingerprint density at radius 2 is 1.72 bits per heavy atom. The first-order valence-corrected chi connectivity index (χ1v) is 10.8. The van der Waals surface area contributed by atoms with Crippen LogP contribution in [0.3, 0.4) is 0 Å². The molecule has 3 rings (SSSR count). The Balaban J connectivity index is 1.97. The number of carbonyl (C=O) groups is 3. The largest absolute Gasteiger partial charge is 0.494 e. The molecule has 150 valence electrons. The number of hydrogen-bond donors (Lipinski definition) is 2. The summed E-state index contributed by atoms with van der Waals surface area (Å²) in [5, 5.41) is 5.35. The highest BCUT2D eigenvalue weighted by Crippen LogP contribution is 2.28. The zero-order valence-corrected chi connectivity index (χ0v) is 19.9. The molecule has 9 heteroatoms. The van der Waals surface area contributed by atoms with E-state index in [1.807, 2.05) is 26.1 Å². The van der Waals surface area contributed by atoms with Crippen LogP contribution in [0.25, 0.3) is 6.08 Å². The van der Waals surface area contributed by atoms with Gasteiger partial charge in [-0.15, -0.1) is 0 Å². The third-order valence-corrected chi connectivity index (χ3v) is 5.83. The van der Waals surface area contributed by atoms with Gasteiger partial charge in [0.1, 0.15) is 11.3 Å². The van der Waals surface area contributed by atoms with Crippen molar-refractivity contribution in [3.05, 3.63) is 54.7 Å². The zero-order chi connectivity index (χ0) is 21.1. The van der Waals surface area contributed by atoms with Crippen LogP contribution in [-0.4, -0.2) is 31.5 Å². The number of nitrogens with zero attached hydrogens (tertiary/aromatic N) is 1. The lowest BCUT2D eigenvalue weighted by Crippen LogP contribution is -2.54. The van der Waals surface area contributed by atoms with Crippen LogP contribution in [-0.2, 0) is 9.59 Å². The first kappa shape index (κ1) is 21.6. The maximum Gasteiger partial charge on any atom is 0.335 e. The molecule has 0 radical (unpaired) electrons. The van der Waals surface area contributed by atoms with Gasteiger partial charge in [-0.2, -0.15) is 0 Å². The summed E-state index contributed by atoms with van der Waals surface area (Å²) in [6.07, 6.45) is 1.50. The molecule has 1 aliphatic heterocycles. The highest BCUT2D eigenvalue weighted by Gasteiger charge is 2.36. The van der Waals surface area contributed by atoms with Crippen molar-refractivity contribution in [3.8, 4) is 5.75 Å². The lowest BCUT2D eigenvalue weighted by atomic mass is 10.1. The quantitative estimate of drug-likeness (QED) is 0.301. The lowest BCUT2D eigenvalue weighted by Gasteiger charge is -2.26. The van der Waals surface area contributed by atoms with E-state index in [0.29, 0.717) is 23.6 Å². The van der Waals surface area contributed by atoms with Crippen LogP contribution in [0.1, 0.15) is 12.5 Å². The minimum absolute atomic E-state index is 0.109. The van der Waals surface area contributed by atoms with Crippen LogP contribution < -0.4 is 20.3 Å². The maximum atomic E-state index is 13.0. The van der Waals surface area contributed by atoms with Crippen LogP contribution in [0, 0.1) is 7.14 Å². The molecule has 2 aromatic carbocycles. The van der Waals surface area contributed by atoms with Crippen molar-refractivity contribution in [2.24, 2.45) is 0 Å². The minimum Gasteiger partial charge on any atom is -0.494 e. The molecule has 1 saturated heterocycles. The number of ether oxygens (including phenoxy) is 1. The van der Waals surface area contributed by atoms with Crippen LogP contribution in [0.4, 0.5) is 16.2 Å². The van der Waals surface area contributed by atoms with Crippen LogP contribution in [0.15, 0.2) is 42.0 Å². The fraction of sp³-hybridized carbons (Fsp3) is 0.150. The number of halogens is 2. The summed E-state index contributed by atoms with van der Waals surface area (Å²) >= 11 is 4.37. The predicted octanol–water partition coefficient (Wildman–Crippen LogP) is 4.00. The highest BCUT2D eigenvalue weighted by atomic mass is 127. The number of hydrogen-bond acceptors (Lipinski definition) is 5. The Morgan fingerprint density at radius 3 is 2.28 bits per heavy atom. The maximum absolute atomic E-state index is 13.0. The monoisotopic (exact) mass is 617 g/mol. The number of anilines is 2. The van der Waals surface area contributed by atoms with E-state index in [1.165, 1.54) is 6.08 Å². The Hall–Kier alpha value is -2.15. The summed E-state index contributed by atoms with van der Waals surface area (Å²) in [5.74, 6) is -0.766. The molecule has 4 amide bonds. The Labute approximate surface area is 195 Å². The normalized spacial score (nSPS) is 15.5. The predicted molar refractivity (Wildman–Crippen MR) is 128 cm³/mol. The first-order valence-electron chi connectivity index (χ1n) is 8.66. The van der Waals surface area contributed by atoms with E-state index in [4.69, 9.17) is 4.74 Å². The third-order valence-electron chi connectivity index (χ3n) is 4.13. The molecule has 0 spiro atoms. The molecule has 0 aliphatic carbocycles. The first-order chi connectivity index (χ1) is 13.8. The molecule has 0 aromatic heterocycles. The number of benzene rings is 2. The number of nitrogens with one attached hydrogen (secondary N) is 2. The van der Waals surface area contributed by atoms with Crippen molar-refractivity contribution in [3.63, 3.8) is 0 Å². The third kappa shape index (κ3) is 4.55. The van der Waals surface area contributed by atoms with Gasteiger partial charge in [0.25, 0.3) is 11.8 Å². The van der Waals surface area contributed by atoms with Gasteiger partial charge >= 0.3 is 6.03 Å². The molecule has 2 aromatic rings. The fourth-order valence-corrected chi connectivity index (χ4v) is 5.19. The average molecular weight is 617 g/mol. The standard InChI is InChI=1S/C20H17I2N3O4/c1-3-29-13-6-4-12(5-7-13)25-19(27)14(18(26)24-20(25)28)8-11-9-15(21)17(23-2)16(22)10-11/h4-10,23H,3H2,1-2H3,(H,24,26,28)/b14-8+. The Kier molecular flexibility index (Phi) is 6.77. The minimum atomic E-state index is -0.781. The van der Waals surface area contributed by atoms with Crippen molar-refractivity contribution in [2.75, 3.05) is 23.9 Å². The van der Waals surface area contributed by atoms with Gasteiger partial charge in [0.2, 0.25) is 0 Å². The van der Waals surface area contributed by atoms with Gasteiger partial charge in [-0.3, -0.25) is 14.9 Å². The van der Waals surface area contributed by atoms with Crippen molar-refractivity contribution in [1.29, 1.82) is 0 Å². The second kappa shape index (κ2) is 9.11. The molecule has 1 fully saturated rings. The van der Waals surface area contributed by atoms with Crippen molar-refractivity contribution in [1.82, 2.24) is 5.32 Å². The average Bonchev–Trinajstić information content (AvgIpc) is 2.66. The van der Waals surface area contributed by atoms with Crippen molar-refractivity contribution >= 4 is 80.5 Å². The summed E-state index contributed by atoms with van der Waals surface area (Å²) in [6.45, 7) is 2.37. The van der Waals surface area contributed by atoms with E-state index in [0.717, 1.165) is 17.7 Å². The summed E-state index contributed by atoms with van der Waals surface area (Å²) in [7, 11) is 1.83. The van der Waals surface area contributed by atoms with Gasteiger partial charge in [0.15, 0.2) is 0 Å². The van der Waals surface area contributed by atoms with Gasteiger partial charge in [-0.1, -0.05) is 0 Å². The topological polar surface area (TPSA) is 87.7 Å². The molecule has 1 aliphatic rings. The fourth-order valence-electron chi connectivity index (χ4n) is 2.83. The summed E-state index contributed by atoms with van der Waals surface area (Å²) in [6, 6.07) is 9.48. The molecule has 1 heterocycles. The Morgan fingerprint density at radius 1 is 1.10 bits per heavy atom. The van der Waals surface area contributed by atoms with Crippen LogP contribution in [0.2, 0.25) is 0 Å². The summed E-state index contributed by atoms with van der Waals surface area (Å²) < 4.78 is 7.29. The van der Waals surface area contributed by atoms with Gasteiger partial charge in [0, 0.05) is 14.2 Å². The van der Waals surface area contributed by atoms with E-state index in [-0.39, 0.29) is 5.57 Å². The molecule has 0 saturated carbocycles. The second-order valence-corrected chi connectivity index (χ2v) is 8.32. The molecule has 0 bridgehead atoms. The SMILES string of the molecule is CCOc1ccc(N2C(=O)NC(=O)/C(=C\c3cc(I)c(NC)c(I)c3)C2=O)cc1. The smallest absolute Gasteiger partial charge is 0.335 e. The van der Waals surface area contributed by atoms with E-state index in [2.05, 4.69) is 55.8 Å². The van der Waals surface area contributed by atoms with E-state index in [9.17, 15) is 14.4 Å². The van der Waals surface area contributed by atoms with E-state index >= 15 is 0 Å². The van der Waals surface area contributed by atoms with Crippen LogP contribution in [0.5, 0.6) is 5.75 Å². The molecule has 29 heavy (non-hydrogen) atoms. The highest BCUT2D eigenvalue weighted by molar-refractivity contribution is 14.1. The van der Waals surface area contributed by atoms with Crippen LogP contribution >= 0.6 is 45.2 Å². The molecular formula is C20H17I2N3O4.